The minimum atomic E-state index is -4.49. The van der Waals surface area contributed by atoms with Crippen LogP contribution in [-0.4, -0.2) is 29.5 Å². The highest BCUT2D eigenvalue weighted by Gasteiger charge is 2.33. The van der Waals surface area contributed by atoms with Crippen molar-refractivity contribution in [1.82, 2.24) is 15.6 Å². The van der Waals surface area contributed by atoms with Crippen molar-refractivity contribution < 1.29 is 18.0 Å². The van der Waals surface area contributed by atoms with Gasteiger partial charge in [0, 0.05) is 12.7 Å². The number of pyridine rings is 1. The number of nitrogens with one attached hydrogen (secondary N) is 2. The second-order valence-corrected chi connectivity index (χ2v) is 4.87. The van der Waals surface area contributed by atoms with Crippen LogP contribution in [0.4, 0.5) is 13.2 Å². The summed E-state index contributed by atoms with van der Waals surface area (Å²) in [4.78, 5) is 15.2. The molecule has 0 aliphatic carbocycles. The molecule has 0 radical (unpaired) electrons. The van der Waals surface area contributed by atoms with Crippen molar-refractivity contribution in [3.8, 4) is 0 Å². The number of carbonyl (C=O) groups excluding carboxylic acids is 1. The van der Waals surface area contributed by atoms with E-state index in [1.807, 2.05) is 6.92 Å². The zero-order valence-corrected chi connectivity index (χ0v) is 10.3. The summed E-state index contributed by atoms with van der Waals surface area (Å²) in [6.45, 7) is 3.34. The molecule has 2 rings (SSSR count). The number of alkyl halides is 3. The maximum absolute atomic E-state index is 12.3. The average molecular weight is 273 g/mol. The summed E-state index contributed by atoms with van der Waals surface area (Å²) in [6.07, 6.45) is -2.76. The van der Waals surface area contributed by atoms with Crippen LogP contribution in [0.3, 0.4) is 0 Å². The molecule has 2 heterocycles. The van der Waals surface area contributed by atoms with Crippen LogP contribution < -0.4 is 10.6 Å². The molecule has 4 nitrogen and oxygen atoms in total. The number of amides is 1. The van der Waals surface area contributed by atoms with E-state index < -0.39 is 17.8 Å². The molecule has 0 aromatic carbocycles. The van der Waals surface area contributed by atoms with Gasteiger partial charge in [0.25, 0.3) is 5.91 Å². The fraction of sp³-hybridized carbons (Fsp3) is 0.500. The van der Waals surface area contributed by atoms with E-state index in [1.165, 1.54) is 0 Å². The van der Waals surface area contributed by atoms with Gasteiger partial charge in [-0.25, -0.2) is 0 Å². The number of hydrogen-bond donors (Lipinski definition) is 2. The fourth-order valence-electron chi connectivity index (χ4n) is 1.97. The first kappa shape index (κ1) is 13.8. The van der Waals surface area contributed by atoms with Crippen LogP contribution >= 0.6 is 0 Å². The van der Waals surface area contributed by atoms with Gasteiger partial charge >= 0.3 is 6.18 Å². The second-order valence-electron chi connectivity index (χ2n) is 4.87. The zero-order valence-electron chi connectivity index (χ0n) is 10.3. The molecular weight excluding hydrogens is 259 g/mol. The first-order valence-corrected chi connectivity index (χ1v) is 5.87. The summed E-state index contributed by atoms with van der Waals surface area (Å²) in [6, 6.07) is 1.95. The lowest BCUT2D eigenvalue weighted by atomic mass is 10.0. The Morgan fingerprint density at radius 1 is 1.47 bits per heavy atom. The predicted octanol–water partition coefficient (Wildman–Crippen LogP) is 1.58. The molecule has 1 unspecified atom stereocenters. The molecule has 1 fully saturated rings. The van der Waals surface area contributed by atoms with Gasteiger partial charge in [-0.05, 0) is 32.0 Å². The van der Waals surface area contributed by atoms with Gasteiger partial charge in [0.1, 0.15) is 5.69 Å². The van der Waals surface area contributed by atoms with Gasteiger partial charge in [0.15, 0.2) is 0 Å². The third-order valence-electron chi connectivity index (χ3n) is 3.10. The van der Waals surface area contributed by atoms with E-state index in [0.29, 0.717) is 6.54 Å². The minimum Gasteiger partial charge on any atom is -0.346 e. The van der Waals surface area contributed by atoms with Crippen LogP contribution in [0.1, 0.15) is 29.4 Å². The van der Waals surface area contributed by atoms with Crippen LogP contribution in [0, 0.1) is 0 Å². The Morgan fingerprint density at radius 2 is 2.21 bits per heavy atom. The van der Waals surface area contributed by atoms with Crippen molar-refractivity contribution in [2.45, 2.75) is 25.1 Å². The average Bonchev–Trinajstić information content (AvgIpc) is 2.75. The number of hydrogen-bond acceptors (Lipinski definition) is 3. The molecule has 1 aliphatic rings. The van der Waals surface area contributed by atoms with E-state index in [2.05, 4.69) is 15.6 Å². The van der Waals surface area contributed by atoms with E-state index in [1.54, 1.807) is 0 Å². The van der Waals surface area contributed by atoms with E-state index >= 15 is 0 Å². The van der Waals surface area contributed by atoms with Crippen LogP contribution in [0.15, 0.2) is 18.3 Å². The third-order valence-corrected chi connectivity index (χ3v) is 3.10. The van der Waals surface area contributed by atoms with Crippen molar-refractivity contribution in [2.75, 3.05) is 13.1 Å². The van der Waals surface area contributed by atoms with Crippen LogP contribution in [-0.2, 0) is 6.18 Å². The molecule has 2 N–H and O–H groups in total. The quantitative estimate of drug-likeness (QED) is 0.860. The summed E-state index contributed by atoms with van der Waals surface area (Å²) < 4.78 is 37.0. The van der Waals surface area contributed by atoms with Crippen LogP contribution in [0.5, 0.6) is 0 Å². The topological polar surface area (TPSA) is 54.0 Å². The number of aromatic nitrogens is 1. The SMILES string of the molecule is CC1(NC(=O)c2ccc(C(F)(F)F)nc2)CCNC1. The molecule has 0 spiro atoms. The van der Waals surface area contributed by atoms with E-state index in [0.717, 1.165) is 31.3 Å². The highest BCUT2D eigenvalue weighted by Crippen LogP contribution is 2.27. The summed E-state index contributed by atoms with van der Waals surface area (Å²) in [5, 5.41) is 5.93. The van der Waals surface area contributed by atoms with Crippen molar-refractivity contribution in [2.24, 2.45) is 0 Å². The number of halogens is 3. The van der Waals surface area contributed by atoms with E-state index in [-0.39, 0.29) is 11.1 Å². The second kappa shape index (κ2) is 4.80. The predicted molar refractivity (Wildman–Crippen MR) is 62.6 cm³/mol. The largest absolute Gasteiger partial charge is 0.433 e. The lowest BCUT2D eigenvalue weighted by Crippen LogP contribution is -2.47. The summed E-state index contributed by atoms with van der Waals surface area (Å²) >= 11 is 0. The van der Waals surface area contributed by atoms with Crippen molar-refractivity contribution >= 4 is 5.91 Å². The molecule has 1 aromatic heterocycles. The Morgan fingerprint density at radius 3 is 2.68 bits per heavy atom. The number of carbonyl (C=O) groups is 1. The lowest BCUT2D eigenvalue weighted by molar-refractivity contribution is -0.141. The molecule has 1 aromatic rings. The lowest BCUT2D eigenvalue weighted by Gasteiger charge is -2.24. The summed E-state index contributed by atoms with van der Waals surface area (Å²) in [5.74, 6) is -0.410. The Labute approximate surface area is 108 Å². The zero-order chi connectivity index (χ0) is 14.1. The Kier molecular flexibility index (Phi) is 3.49. The van der Waals surface area contributed by atoms with Crippen molar-refractivity contribution in [3.05, 3.63) is 29.6 Å². The first-order valence-electron chi connectivity index (χ1n) is 5.87. The molecule has 1 atom stereocenters. The molecule has 1 saturated heterocycles. The molecule has 0 bridgehead atoms. The first-order chi connectivity index (χ1) is 8.80. The molecule has 104 valence electrons. The standard InChI is InChI=1S/C12H14F3N3O/c1-11(4-5-16-7-11)18-10(19)8-2-3-9(17-6-8)12(13,14)15/h2-3,6,16H,4-5,7H2,1H3,(H,18,19). The van der Waals surface area contributed by atoms with Gasteiger partial charge < -0.3 is 10.6 Å². The summed E-state index contributed by atoms with van der Waals surface area (Å²) in [7, 11) is 0. The highest BCUT2D eigenvalue weighted by molar-refractivity contribution is 5.94. The fourth-order valence-corrected chi connectivity index (χ4v) is 1.97. The van der Waals surface area contributed by atoms with Gasteiger partial charge in [-0.3, -0.25) is 9.78 Å². The number of nitrogens with zero attached hydrogens (tertiary/aromatic N) is 1. The molecule has 0 saturated carbocycles. The minimum absolute atomic E-state index is 0.126. The van der Waals surface area contributed by atoms with Gasteiger partial charge in [-0.2, -0.15) is 13.2 Å². The van der Waals surface area contributed by atoms with E-state index in [9.17, 15) is 18.0 Å². The number of rotatable bonds is 2. The Bertz CT molecular complexity index is 464. The molecule has 1 amide bonds. The van der Waals surface area contributed by atoms with Gasteiger partial charge in [-0.15, -0.1) is 0 Å². The smallest absolute Gasteiger partial charge is 0.346 e. The van der Waals surface area contributed by atoms with E-state index in [4.69, 9.17) is 0 Å². The highest BCUT2D eigenvalue weighted by atomic mass is 19.4. The van der Waals surface area contributed by atoms with Crippen LogP contribution in [0.2, 0.25) is 0 Å². The van der Waals surface area contributed by atoms with Gasteiger partial charge in [0.05, 0.1) is 11.1 Å². The van der Waals surface area contributed by atoms with Crippen molar-refractivity contribution in [1.29, 1.82) is 0 Å². The van der Waals surface area contributed by atoms with Gasteiger partial charge in [0.2, 0.25) is 0 Å². The Balaban J connectivity index is 2.08. The molecule has 7 heteroatoms. The maximum Gasteiger partial charge on any atom is 0.433 e. The third kappa shape index (κ3) is 3.23. The van der Waals surface area contributed by atoms with Gasteiger partial charge in [-0.1, -0.05) is 0 Å². The molecular formula is C12H14F3N3O. The van der Waals surface area contributed by atoms with Crippen molar-refractivity contribution in [3.63, 3.8) is 0 Å². The normalized spacial score (nSPS) is 23.4. The monoisotopic (exact) mass is 273 g/mol. The maximum atomic E-state index is 12.3. The van der Waals surface area contributed by atoms with Crippen LogP contribution in [0.25, 0.3) is 0 Å². The summed E-state index contributed by atoms with van der Waals surface area (Å²) in [5.41, 5.74) is -1.24. The Hall–Kier alpha value is -1.63. The molecule has 1 aliphatic heterocycles. The molecule has 19 heavy (non-hydrogen) atoms.